The molecule has 14 heavy (non-hydrogen) atoms. The number of allylic oxidation sites excluding steroid dienone is 3. The zero-order chi connectivity index (χ0) is 9.54. The number of rotatable bonds is 0. The molecule has 0 amide bonds. The van der Waals surface area contributed by atoms with Gasteiger partial charge < -0.3 is 0 Å². The molecule has 0 aliphatic heterocycles. The predicted octanol–water partition coefficient (Wildman–Crippen LogP) is 1.78. The van der Waals surface area contributed by atoms with Crippen LogP contribution in [0.4, 0.5) is 0 Å². The Morgan fingerprint density at radius 3 is 2.86 bits per heavy atom. The third-order valence-corrected chi connectivity index (χ3v) is 2.92. The van der Waals surface area contributed by atoms with Crippen LogP contribution >= 0.6 is 0 Å². The van der Waals surface area contributed by atoms with Gasteiger partial charge in [0.1, 0.15) is 0 Å². The molecule has 0 saturated carbocycles. The van der Waals surface area contributed by atoms with Gasteiger partial charge in [0, 0.05) is 0 Å². The first kappa shape index (κ1) is 7.81. The van der Waals surface area contributed by atoms with Crippen LogP contribution in [-0.4, -0.2) is 0 Å². The number of hydrogen-bond acceptors (Lipinski definition) is 0. The molecule has 0 radical (unpaired) electrons. The van der Waals surface area contributed by atoms with Crippen molar-refractivity contribution in [2.75, 3.05) is 0 Å². The van der Waals surface area contributed by atoms with Crippen LogP contribution in [-0.2, 0) is 6.42 Å². The third kappa shape index (κ3) is 1.00. The van der Waals surface area contributed by atoms with Crippen molar-refractivity contribution in [2.24, 2.45) is 0 Å². The van der Waals surface area contributed by atoms with E-state index in [0.717, 1.165) is 6.42 Å². The molecule has 2 aliphatic rings. The summed E-state index contributed by atoms with van der Waals surface area (Å²) in [4.78, 5) is 0. The summed E-state index contributed by atoms with van der Waals surface area (Å²) < 4.78 is 0. The monoisotopic (exact) mass is 180 g/mol. The molecular formula is C14H12. The van der Waals surface area contributed by atoms with Crippen LogP contribution in [0.3, 0.4) is 0 Å². The fraction of sp³-hybridized carbons (Fsp3) is 0.143. The maximum atomic E-state index is 2.29. The van der Waals surface area contributed by atoms with Gasteiger partial charge in [-0.25, -0.2) is 0 Å². The van der Waals surface area contributed by atoms with Crippen LogP contribution in [0.5, 0.6) is 0 Å². The minimum atomic E-state index is 1.08. The lowest BCUT2D eigenvalue weighted by Gasteiger charge is -2.07. The first-order valence-electron chi connectivity index (χ1n) is 5.03. The number of fused-ring (bicyclic) bond motifs is 3. The van der Waals surface area contributed by atoms with Crippen molar-refractivity contribution < 1.29 is 0 Å². The van der Waals surface area contributed by atoms with Crippen LogP contribution in [0.1, 0.15) is 18.1 Å². The highest BCUT2D eigenvalue weighted by Crippen LogP contribution is 2.14. The van der Waals surface area contributed by atoms with E-state index in [2.05, 4.69) is 49.4 Å². The maximum absolute atomic E-state index is 2.29. The molecule has 3 rings (SSSR count). The molecule has 0 aromatic heterocycles. The van der Waals surface area contributed by atoms with Crippen LogP contribution < -0.4 is 10.4 Å². The van der Waals surface area contributed by atoms with Crippen molar-refractivity contribution >= 4 is 18.2 Å². The van der Waals surface area contributed by atoms with Gasteiger partial charge in [0.25, 0.3) is 0 Å². The molecule has 2 aliphatic carbocycles. The van der Waals surface area contributed by atoms with Gasteiger partial charge >= 0.3 is 0 Å². The van der Waals surface area contributed by atoms with Gasteiger partial charge in [0.05, 0.1) is 0 Å². The van der Waals surface area contributed by atoms with E-state index in [4.69, 9.17) is 0 Å². The molecular weight excluding hydrogens is 168 g/mol. The Bertz CT molecular complexity index is 569. The number of hydrogen-bond donors (Lipinski definition) is 0. The summed E-state index contributed by atoms with van der Waals surface area (Å²) in [6, 6.07) is 4.44. The van der Waals surface area contributed by atoms with E-state index in [1.165, 1.54) is 27.1 Å². The van der Waals surface area contributed by atoms with Gasteiger partial charge in [-0.2, -0.15) is 0 Å². The molecule has 0 unspecified atom stereocenters. The van der Waals surface area contributed by atoms with Gasteiger partial charge in [-0.15, -0.1) is 0 Å². The van der Waals surface area contributed by atoms with Crippen molar-refractivity contribution in [1.82, 2.24) is 0 Å². The predicted molar refractivity (Wildman–Crippen MR) is 61.1 cm³/mol. The lowest BCUT2D eigenvalue weighted by molar-refractivity contribution is 1.20. The van der Waals surface area contributed by atoms with E-state index in [-0.39, 0.29) is 0 Å². The first-order valence-corrected chi connectivity index (χ1v) is 5.03. The van der Waals surface area contributed by atoms with Crippen molar-refractivity contribution in [1.29, 1.82) is 0 Å². The molecule has 0 bridgehead atoms. The standard InChI is InChI=1S/C14H12/c1-10-8-12-7-6-11-4-2-3-5-13(11)14(12)9-10/h2-4,6-9H,5H2,1H3. The van der Waals surface area contributed by atoms with Gasteiger partial charge in [-0.3, -0.25) is 0 Å². The van der Waals surface area contributed by atoms with Gasteiger partial charge in [-0.1, -0.05) is 42.5 Å². The average molecular weight is 180 g/mol. The molecule has 0 nitrogen and oxygen atoms in total. The highest BCUT2D eigenvalue weighted by atomic mass is 14.1. The summed E-state index contributed by atoms with van der Waals surface area (Å²) in [7, 11) is 0. The lowest BCUT2D eigenvalue weighted by Crippen LogP contribution is -2.19. The van der Waals surface area contributed by atoms with Crippen LogP contribution in [0, 0.1) is 0 Å². The summed E-state index contributed by atoms with van der Waals surface area (Å²) in [6.45, 7) is 2.16. The summed E-state index contributed by atoms with van der Waals surface area (Å²) >= 11 is 0. The van der Waals surface area contributed by atoms with Crippen molar-refractivity contribution in [3.8, 4) is 0 Å². The Labute approximate surface area is 83.6 Å². The molecule has 0 fully saturated rings. The summed E-state index contributed by atoms with van der Waals surface area (Å²) in [6.07, 6.45) is 12.2. The van der Waals surface area contributed by atoms with Crippen molar-refractivity contribution in [2.45, 2.75) is 13.3 Å². The topological polar surface area (TPSA) is 0 Å². The van der Waals surface area contributed by atoms with Crippen LogP contribution in [0.15, 0.2) is 29.9 Å². The maximum Gasteiger partial charge on any atom is -0.00822 e. The zero-order valence-corrected chi connectivity index (χ0v) is 8.25. The van der Waals surface area contributed by atoms with E-state index in [1.807, 2.05) is 0 Å². The summed E-state index contributed by atoms with van der Waals surface area (Å²) in [5, 5.41) is 2.76. The van der Waals surface area contributed by atoms with Crippen LogP contribution in [0.25, 0.3) is 18.2 Å². The van der Waals surface area contributed by atoms with E-state index in [0.29, 0.717) is 0 Å². The van der Waals surface area contributed by atoms with Gasteiger partial charge in [0.15, 0.2) is 0 Å². The normalized spacial score (nSPS) is 16.5. The highest BCUT2D eigenvalue weighted by molar-refractivity contribution is 5.74. The minimum Gasteiger partial charge on any atom is -0.0801 e. The third-order valence-electron chi connectivity index (χ3n) is 2.92. The fourth-order valence-electron chi connectivity index (χ4n) is 2.25. The van der Waals surface area contributed by atoms with Crippen molar-refractivity contribution in [3.05, 3.63) is 51.4 Å². The fourth-order valence-corrected chi connectivity index (χ4v) is 2.25. The van der Waals surface area contributed by atoms with Gasteiger partial charge in [0.2, 0.25) is 0 Å². The van der Waals surface area contributed by atoms with E-state index in [9.17, 15) is 0 Å². The Hall–Kier alpha value is -1.56. The second-order valence-corrected chi connectivity index (χ2v) is 3.97. The zero-order valence-electron chi connectivity index (χ0n) is 8.25. The van der Waals surface area contributed by atoms with E-state index >= 15 is 0 Å². The summed E-state index contributed by atoms with van der Waals surface area (Å²) in [5.74, 6) is 0. The lowest BCUT2D eigenvalue weighted by atomic mass is 9.98. The molecule has 0 saturated heterocycles. The Morgan fingerprint density at radius 2 is 1.93 bits per heavy atom. The molecule has 1 aromatic carbocycles. The minimum absolute atomic E-state index is 1.08. The molecule has 0 atom stereocenters. The Morgan fingerprint density at radius 1 is 1.07 bits per heavy atom. The van der Waals surface area contributed by atoms with Gasteiger partial charge in [-0.05, 0) is 40.5 Å². The average Bonchev–Trinajstić information content (AvgIpc) is 2.59. The Kier molecular flexibility index (Phi) is 1.51. The first-order chi connectivity index (χ1) is 6.84. The summed E-state index contributed by atoms with van der Waals surface area (Å²) in [5.41, 5.74) is 4.28. The number of benzene rings is 1. The highest BCUT2D eigenvalue weighted by Gasteiger charge is 2.08. The van der Waals surface area contributed by atoms with E-state index < -0.39 is 0 Å². The Balaban J connectivity index is 2.42. The molecule has 1 aromatic rings. The molecule has 0 spiro atoms. The van der Waals surface area contributed by atoms with Crippen molar-refractivity contribution in [3.63, 3.8) is 0 Å². The smallest absolute Gasteiger partial charge is 0.00822 e. The molecule has 0 heteroatoms. The molecule has 68 valence electrons. The van der Waals surface area contributed by atoms with E-state index in [1.54, 1.807) is 0 Å². The largest absolute Gasteiger partial charge is 0.0801 e. The van der Waals surface area contributed by atoms with Crippen LogP contribution in [0.2, 0.25) is 0 Å². The molecule has 0 heterocycles. The molecule has 0 N–H and O–H groups in total. The SMILES string of the molecule is CC1=Cc2c3c(ccc2=C1)=CC=CC3. The second kappa shape index (κ2) is 2.71. The quantitative estimate of drug-likeness (QED) is 0.571. The second-order valence-electron chi connectivity index (χ2n) is 3.97.